The Kier molecular flexibility index (Phi) is 6.61. The van der Waals surface area contributed by atoms with Crippen molar-refractivity contribution in [1.82, 2.24) is 4.98 Å². The van der Waals surface area contributed by atoms with Crippen molar-refractivity contribution in [3.63, 3.8) is 0 Å². The van der Waals surface area contributed by atoms with Crippen molar-refractivity contribution in [1.29, 1.82) is 0 Å². The number of amides is 1. The van der Waals surface area contributed by atoms with E-state index in [9.17, 15) is 9.59 Å². The van der Waals surface area contributed by atoms with Crippen molar-refractivity contribution in [2.45, 2.75) is 19.8 Å². The first-order valence-corrected chi connectivity index (χ1v) is 10.0. The molecular formula is C22H22N2O4S. The standard InChI is InChI=1S/C22H22N2O4S/c1-14(2)15-4-6-17(7-5-15)21(26)28-12-20(25)24-22-23-19(13-29-22)16-8-10-18(27-3)11-9-16/h4-11,13-14H,12H2,1-3H3,(H,23,24,25). The second-order valence-electron chi connectivity index (χ2n) is 6.67. The van der Waals surface area contributed by atoms with Crippen molar-refractivity contribution in [3.05, 3.63) is 65.0 Å². The molecule has 6 nitrogen and oxygen atoms in total. The lowest BCUT2D eigenvalue weighted by molar-refractivity contribution is -0.119. The van der Waals surface area contributed by atoms with Crippen molar-refractivity contribution < 1.29 is 19.1 Å². The minimum atomic E-state index is -0.534. The molecule has 0 aliphatic rings. The monoisotopic (exact) mass is 410 g/mol. The van der Waals surface area contributed by atoms with Crippen LogP contribution in [0.5, 0.6) is 5.75 Å². The van der Waals surface area contributed by atoms with Crippen LogP contribution in [0.2, 0.25) is 0 Å². The number of thiazole rings is 1. The van der Waals surface area contributed by atoms with Gasteiger partial charge in [0.05, 0.1) is 18.4 Å². The number of rotatable bonds is 7. The van der Waals surface area contributed by atoms with Crippen LogP contribution in [0.1, 0.15) is 35.7 Å². The number of carbonyl (C=O) groups is 2. The number of carbonyl (C=O) groups excluding carboxylic acids is 2. The van der Waals surface area contributed by atoms with Crippen LogP contribution in [0.3, 0.4) is 0 Å². The maximum absolute atomic E-state index is 12.1. The molecule has 0 bridgehead atoms. The molecule has 3 rings (SSSR count). The summed E-state index contributed by atoms with van der Waals surface area (Å²) in [5.74, 6) is 0.173. The molecule has 0 spiro atoms. The molecule has 7 heteroatoms. The van der Waals surface area contributed by atoms with Gasteiger partial charge in [-0.3, -0.25) is 10.1 Å². The zero-order chi connectivity index (χ0) is 20.8. The second kappa shape index (κ2) is 9.34. The first-order chi connectivity index (χ1) is 14.0. The van der Waals surface area contributed by atoms with Gasteiger partial charge in [-0.05, 0) is 47.9 Å². The lowest BCUT2D eigenvalue weighted by atomic mass is 10.0. The third-order valence-electron chi connectivity index (χ3n) is 4.28. The molecular weight excluding hydrogens is 388 g/mol. The van der Waals surface area contributed by atoms with Gasteiger partial charge in [0.2, 0.25) is 0 Å². The molecule has 0 saturated heterocycles. The number of hydrogen-bond acceptors (Lipinski definition) is 6. The topological polar surface area (TPSA) is 77.5 Å². The normalized spacial score (nSPS) is 10.6. The molecule has 0 saturated carbocycles. The zero-order valence-corrected chi connectivity index (χ0v) is 17.3. The summed E-state index contributed by atoms with van der Waals surface area (Å²) in [5, 5.41) is 4.94. The van der Waals surface area contributed by atoms with E-state index in [4.69, 9.17) is 9.47 Å². The number of benzene rings is 2. The number of esters is 1. The van der Waals surface area contributed by atoms with E-state index < -0.39 is 11.9 Å². The van der Waals surface area contributed by atoms with E-state index in [1.165, 1.54) is 11.3 Å². The lowest BCUT2D eigenvalue weighted by Crippen LogP contribution is -2.20. The molecule has 0 aliphatic carbocycles. The number of anilines is 1. The van der Waals surface area contributed by atoms with Crippen molar-refractivity contribution in [2.75, 3.05) is 19.0 Å². The molecule has 0 fully saturated rings. The minimum Gasteiger partial charge on any atom is -0.497 e. The minimum absolute atomic E-state index is 0.373. The number of hydrogen-bond donors (Lipinski definition) is 1. The Morgan fingerprint density at radius 1 is 1.07 bits per heavy atom. The molecule has 29 heavy (non-hydrogen) atoms. The fourth-order valence-corrected chi connectivity index (χ4v) is 3.34. The van der Waals surface area contributed by atoms with E-state index in [0.717, 1.165) is 22.6 Å². The van der Waals surface area contributed by atoms with Crippen molar-refractivity contribution in [2.24, 2.45) is 0 Å². The highest BCUT2D eigenvalue weighted by molar-refractivity contribution is 7.14. The van der Waals surface area contributed by atoms with Gasteiger partial charge in [0.15, 0.2) is 11.7 Å². The number of aromatic nitrogens is 1. The Labute approximate surface area is 173 Å². The molecule has 0 unspecified atom stereocenters. The lowest BCUT2D eigenvalue weighted by Gasteiger charge is -2.07. The smallest absolute Gasteiger partial charge is 0.338 e. The maximum atomic E-state index is 12.1. The van der Waals surface area contributed by atoms with E-state index >= 15 is 0 Å². The highest BCUT2D eigenvalue weighted by Crippen LogP contribution is 2.26. The summed E-state index contributed by atoms with van der Waals surface area (Å²) in [6.07, 6.45) is 0. The van der Waals surface area contributed by atoms with Gasteiger partial charge in [-0.1, -0.05) is 26.0 Å². The zero-order valence-electron chi connectivity index (χ0n) is 16.5. The summed E-state index contributed by atoms with van der Waals surface area (Å²) in [4.78, 5) is 28.6. The summed E-state index contributed by atoms with van der Waals surface area (Å²) in [7, 11) is 1.61. The second-order valence-corrected chi connectivity index (χ2v) is 7.53. The van der Waals surface area contributed by atoms with Crippen LogP contribution in [0.4, 0.5) is 5.13 Å². The number of nitrogens with one attached hydrogen (secondary N) is 1. The summed E-state index contributed by atoms with van der Waals surface area (Å²) < 4.78 is 10.2. The Bertz CT molecular complexity index is 979. The highest BCUT2D eigenvalue weighted by atomic mass is 32.1. The van der Waals surface area contributed by atoms with Gasteiger partial charge >= 0.3 is 5.97 Å². The Hall–Kier alpha value is -3.19. The molecule has 2 aromatic carbocycles. The van der Waals surface area contributed by atoms with Gasteiger partial charge in [0, 0.05) is 10.9 Å². The molecule has 1 N–H and O–H groups in total. The van der Waals surface area contributed by atoms with Crippen LogP contribution in [-0.2, 0) is 9.53 Å². The Balaban J connectivity index is 1.53. The fraction of sp³-hybridized carbons (Fsp3) is 0.227. The quantitative estimate of drug-likeness (QED) is 0.570. The fourth-order valence-electron chi connectivity index (χ4n) is 2.60. The molecule has 3 aromatic rings. The first kappa shape index (κ1) is 20.5. The first-order valence-electron chi connectivity index (χ1n) is 9.13. The van der Waals surface area contributed by atoms with Crippen LogP contribution < -0.4 is 10.1 Å². The SMILES string of the molecule is COc1ccc(-c2csc(NC(=O)COC(=O)c3ccc(C(C)C)cc3)n2)cc1. The summed E-state index contributed by atoms with van der Waals surface area (Å²) in [5.41, 5.74) is 3.21. The molecule has 150 valence electrons. The van der Waals surface area contributed by atoms with Gasteiger partial charge in [0.25, 0.3) is 5.91 Å². The highest BCUT2D eigenvalue weighted by Gasteiger charge is 2.13. The maximum Gasteiger partial charge on any atom is 0.338 e. The van der Waals surface area contributed by atoms with Crippen LogP contribution >= 0.6 is 11.3 Å². The van der Waals surface area contributed by atoms with Crippen LogP contribution in [0.15, 0.2) is 53.9 Å². The predicted octanol–water partition coefficient (Wildman–Crippen LogP) is 4.74. The van der Waals surface area contributed by atoms with Crippen LogP contribution in [0.25, 0.3) is 11.3 Å². The predicted molar refractivity (Wildman–Crippen MR) is 114 cm³/mol. The van der Waals surface area contributed by atoms with Gasteiger partial charge in [-0.2, -0.15) is 0 Å². The number of ether oxygens (including phenoxy) is 2. The van der Waals surface area contributed by atoms with E-state index in [0.29, 0.717) is 16.6 Å². The summed E-state index contributed by atoms with van der Waals surface area (Å²) >= 11 is 1.30. The average Bonchev–Trinajstić information content (AvgIpc) is 3.20. The molecule has 0 atom stereocenters. The van der Waals surface area contributed by atoms with Gasteiger partial charge in [0.1, 0.15) is 5.75 Å². The van der Waals surface area contributed by atoms with E-state index in [1.807, 2.05) is 41.8 Å². The van der Waals surface area contributed by atoms with Crippen molar-refractivity contribution >= 4 is 28.3 Å². The van der Waals surface area contributed by atoms with Crippen LogP contribution in [-0.4, -0.2) is 30.6 Å². The van der Waals surface area contributed by atoms with E-state index in [-0.39, 0.29) is 6.61 Å². The Morgan fingerprint density at radius 2 is 1.76 bits per heavy atom. The third kappa shape index (κ3) is 5.42. The Morgan fingerprint density at radius 3 is 2.38 bits per heavy atom. The number of methoxy groups -OCH3 is 1. The van der Waals surface area contributed by atoms with Gasteiger partial charge in [-0.15, -0.1) is 11.3 Å². The molecule has 1 heterocycles. The molecule has 0 radical (unpaired) electrons. The third-order valence-corrected chi connectivity index (χ3v) is 5.04. The van der Waals surface area contributed by atoms with E-state index in [1.54, 1.807) is 19.2 Å². The summed E-state index contributed by atoms with van der Waals surface area (Å²) in [6.45, 7) is 3.79. The van der Waals surface area contributed by atoms with Gasteiger partial charge in [-0.25, -0.2) is 9.78 Å². The average molecular weight is 410 g/mol. The molecule has 1 aromatic heterocycles. The molecule has 0 aliphatic heterocycles. The number of nitrogens with zero attached hydrogens (tertiary/aromatic N) is 1. The largest absolute Gasteiger partial charge is 0.497 e. The van der Waals surface area contributed by atoms with Crippen LogP contribution in [0, 0.1) is 0 Å². The molecule has 1 amide bonds. The van der Waals surface area contributed by atoms with Gasteiger partial charge < -0.3 is 9.47 Å². The van der Waals surface area contributed by atoms with E-state index in [2.05, 4.69) is 24.1 Å². The van der Waals surface area contributed by atoms with Crippen molar-refractivity contribution in [3.8, 4) is 17.0 Å². The summed E-state index contributed by atoms with van der Waals surface area (Å²) in [6, 6.07) is 14.7.